The minimum atomic E-state index is -0.466. The van der Waals surface area contributed by atoms with E-state index < -0.39 is 5.60 Å². The lowest BCUT2D eigenvalue weighted by atomic mass is 9.52. The van der Waals surface area contributed by atoms with Crippen molar-refractivity contribution in [2.75, 3.05) is 19.8 Å². The van der Waals surface area contributed by atoms with Gasteiger partial charge in [-0.05, 0) is 56.8 Å². The standard InChI is InChI=1S/C17H26N2O3/c18-11-15-2-1-3-19(15)22-5-4-21-17-9-13-6-14(10-17)8-16(20,7-13)12-17/h13-15,20H,1-10,12H2/t13?,14?,15-,16?,17?/m0/s1. The van der Waals surface area contributed by atoms with E-state index in [4.69, 9.17) is 14.8 Å². The highest BCUT2D eigenvalue weighted by molar-refractivity contribution is 5.09. The SMILES string of the molecule is N#C[C@@H]1CCCN1OCCOC12CC3CC(CC(O)(C3)C1)C2. The molecule has 1 heterocycles. The molecule has 4 bridgehead atoms. The molecular formula is C17H26N2O3. The van der Waals surface area contributed by atoms with Crippen LogP contribution in [0.4, 0.5) is 0 Å². The van der Waals surface area contributed by atoms with E-state index in [1.807, 2.05) is 0 Å². The van der Waals surface area contributed by atoms with Crippen LogP contribution in [0.1, 0.15) is 51.4 Å². The summed E-state index contributed by atoms with van der Waals surface area (Å²) in [6.07, 6.45) is 8.17. The maximum atomic E-state index is 10.7. The smallest absolute Gasteiger partial charge is 0.122 e. The summed E-state index contributed by atoms with van der Waals surface area (Å²) in [4.78, 5) is 5.72. The molecule has 122 valence electrons. The van der Waals surface area contributed by atoms with Gasteiger partial charge >= 0.3 is 0 Å². The molecule has 0 aromatic heterocycles. The Morgan fingerprint density at radius 3 is 2.64 bits per heavy atom. The Bertz CT molecular complexity index is 461. The van der Waals surface area contributed by atoms with Crippen molar-refractivity contribution in [1.82, 2.24) is 5.06 Å². The Morgan fingerprint density at radius 2 is 1.95 bits per heavy atom. The summed E-state index contributed by atoms with van der Waals surface area (Å²) in [7, 11) is 0. The second kappa shape index (κ2) is 5.45. The fourth-order valence-corrected chi connectivity index (χ4v) is 5.74. The Kier molecular flexibility index (Phi) is 3.69. The summed E-state index contributed by atoms with van der Waals surface area (Å²) < 4.78 is 6.24. The van der Waals surface area contributed by atoms with Crippen LogP contribution in [0.3, 0.4) is 0 Å². The molecule has 4 aliphatic carbocycles. The van der Waals surface area contributed by atoms with Gasteiger partial charge in [0, 0.05) is 13.0 Å². The van der Waals surface area contributed by atoms with Gasteiger partial charge in [0.05, 0.1) is 30.5 Å². The Balaban J connectivity index is 1.28. The summed E-state index contributed by atoms with van der Waals surface area (Å²) in [5, 5.41) is 21.6. The first-order valence-electron chi connectivity index (χ1n) is 8.75. The average Bonchev–Trinajstić information content (AvgIpc) is 2.88. The third kappa shape index (κ3) is 2.67. The molecular weight excluding hydrogens is 280 g/mol. The highest BCUT2D eigenvalue weighted by Gasteiger charge is 2.57. The number of ether oxygens (including phenoxy) is 1. The van der Waals surface area contributed by atoms with Crippen molar-refractivity contribution in [3.63, 3.8) is 0 Å². The van der Waals surface area contributed by atoms with Crippen LogP contribution in [0.2, 0.25) is 0 Å². The van der Waals surface area contributed by atoms with Gasteiger partial charge in [0.25, 0.3) is 0 Å². The summed E-state index contributed by atoms with van der Waals surface area (Å²) in [5.41, 5.74) is -0.576. The zero-order valence-electron chi connectivity index (χ0n) is 13.2. The number of hydrogen-bond acceptors (Lipinski definition) is 5. The lowest BCUT2D eigenvalue weighted by Gasteiger charge is -2.59. The van der Waals surface area contributed by atoms with E-state index in [0.717, 1.165) is 51.5 Å². The molecule has 2 unspecified atom stereocenters. The second-order valence-corrected chi connectivity index (χ2v) is 7.98. The Morgan fingerprint density at radius 1 is 1.18 bits per heavy atom. The van der Waals surface area contributed by atoms with Gasteiger partial charge in [0.1, 0.15) is 6.04 Å². The number of aliphatic hydroxyl groups is 1. The molecule has 3 atom stereocenters. The van der Waals surface area contributed by atoms with E-state index in [-0.39, 0.29) is 11.6 Å². The van der Waals surface area contributed by atoms with Crippen molar-refractivity contribution < 1.29 is 14.7 Å². The predicted octanol–water partition coefficient (Wildman–Crippen LogP) is 2.01. The maximum Gasteiger partial charge on any atom is 0.122 e. The average molecular weight is 306 g/mol. The highest BCUT2D eigenvalue weighted by atomic mass is 16.7. The normalized spacial score (nSPS) is 47.0. The van der Waals surface area contributed by atoms with Crippen LogP contribution in [0, 0.1) is 23.2 Å². The Labute approximate surface area is 132 Å². The van der Waals surface area contributed by atoms with Crippen LogP contribution in [0.25, 0.3) is 0 Å². The van der Waals surface area contributed by atoms with Crippen molar-refractivity contribution in [3.05, 3.63) is 0 Å². The molecule has 5 heteroatoms. The van der Waals surface area contributed by atoms with Gasteiger partial charge in [-0.1, -0.05) is 0 Å². The third-order valence-electron chi connectivity index (χ3n) is 6.08. The number of hydroxylamine groups is 2. The van der Waals surface area contributed by atoms with Gasteiger partial charge in [-0.15, -0.1) is 0 Å². The summed E-state index contributed by atoms with van der Waals surface area (Å²) >= 11 is 0. The lowest BCUT2D eigenvalue weighted by molar-refractivity contribution is -0.235. The van der Waals surface area contributed by atoms with Crippen LogP contribution in [0.5, 0.6) is 0 Å². The molecule has 1 saturated heterocycles. The van der Waals surface area contributed by atoms with Crippen molar-refractivity contribution in [2.24, 2.45) is 11.8 Å². The van der Waals surface area contributed by atoms with Gasteiger partial charge in [0.2, 0.25) is 0 Å². The zero-order valence-corrected chi connectivity index (χ0v) is 13.2. The molecule has 0 aromatic rings. The summed E-state index contributed by atoms with van der Waals surface area (Å²) in [6, 6.07) is 2.18. The van der Waals surface area contributed by atoms with Crippen LogP contribution in [0.15, 0.2) is 0 Å². The number of rotatable bonds is 5. The van der Waals surface area contributed by atoms with Gasteiger partial charge in [-0.2, -0.15) is 10.3 Å². The molecule has 5 rings (SSSR count). The highest BCUT2D eigenvalue weighted by Crippen LogP contribution is 2.58. The number of nitrogens with zero attached hydrogens (tertiary/aromatic N) is 2. The van der Waals surface area contributed by atoms with Gasteiger partial charge < -0.3 is 9.84 Å². The van der Waals surface area contributed by atoms with E-state index in [1.54, 1.807) is 5.06 Å². The van der Waals surface area contributed by atoms with E-state index >= 15 is 0 Å². The zero-order chi connectivity index (χ0) is 15.2. The first-order chi connectivity index (χ1) is 10.6. The van der Waals surface area contributed by atoms with Gasteiger partial charge in [-0.25, -0.2) is 0 Å². The van der Waals surface area contributed by atoms with Crippen molar-refractivity contribution in [2.45, 2.75) is 68.6 Å². The van der Waals surface area contributed by atoms with Crippen LogP contribution in [-0.4, -0.2) is 47.2 Å². The topological polar surface area (TPSA) is 65.7 Å². The summed E-state index contributed by atoms with van der Waals surface area (Å²) in [6.45, 7) is 1.91. The van der Waals surface area contributed by atoms with E-state index in [1.165, 1.54) is 6.42 Å². The van der Waals surface area contributed by atoms with E-state index in [0.29, 0.717) is 25.0 Å². The quantitative estimate of drug-likeness (QED) is 0.787. The molecule has 1 aliphatic heterocycles. The van der Waals surface area contributed by atoms with Crippen LogP contribution < -0.4 is 0 Å². The van der Waals surface area contributed by atoms with Gasteiger partial charge in [0.15, 0.2) is 0 Å². The number of hydrogen-bond donors (Lipinski definition) is 1. The molecule has 1 N–H and O–H groups in total. The van der Waals surface area contributed by atoms with Crippen molar-refractivity contribution >= 4 is 0 Å². The molecule has 5 nitrogen and oxygen atoms in total. The number of nitriles is 1. The van der Waals surface area contributed by atoms with Crippen LogP contribution >= 0.6 is 0 Å². The third-order valence-corrected chi connectivity index (χ3v) is 6.08. The minimum absolute atomic E-state index is 0.0970. The van der Waals surface area contributed by atoms with Crippen LogP contribution in [-0.2, 0) is 9.57 Å². The molecule has 5 aliphatic rings. The molecule has 4 saturated carbocycles. The predicted molar refractivity (Wildman–Crippen MR) is 79.6 cm³/mol. The van der Waals surface area contributed by atoms with E-state index in [2.05, 4.69) is 6.07 Å². The molecule has 0 spiro atoms. The molecule has 0 radical (unpaired) electrons. The van der Waals surface area contributed by atoms with Gasteiger partial charge in [-0.3, -0.25) is 4.84 Å². The van der Waals surface area contributed by atoms with Crippen molar-refractivity contribution in [1.29, 1.82) is 5.26 Å². The monoisotopic (exact) mass is 306 g/mol. The molecule has 0 amide bonds. The maximum absolute atomic E-state index is 10.7. The lowest BCUT2D eigenvalue weighted by Crippen LogP contribution is -2.60. The van der Waals surface area contributed by atoms with Crippen molar-refractivity contribution in [3.8, 4) is 6.07 Å². The first kappa shape index (κ1) is 14.9. The minimum Gasteiger partial charge on any atom is -0.390 e. The largest absolute Gasteiger partial charge is 0.390 e. The Hall–Kier alpha value is -0.670. The molecule has 22 heavy (non-hydrogen) atoms. The molecule has 5 fully saturated rings. The second-order valence-electron chi connectivity index (χ2n) is 7.98. The fraction of sp³-hybridized carbons (Fsp3) is 0.941. The first-order valence-corrected chi connectivity index (χ1v) is 8.75. The molecule has 0 aromatic carbocycles. The van der Waals surface area contributed by atoms with E-state index in [9.17, 15) is 5.11 Å². The fourth-order valence-electron chi connectivity index (χ4n) is 5.74. The summed E-state index contributed by atoms with van der Waals surface area (Å²) in [5.74, 6) is 1.29.